The standard InChI is InChI=1S/C19H26N4O3/c1-19(2,3)26-18(25)23-9-4-5-15-6-7-16(21-17(15)23)8-10-22-12-14(13-24)11-20-22/h6-7,11-12,24H,4-5,8-10,13H2,1-3H3. The molecule has 0 atom stereocenters. The molecular formula is C19H26N4O3. The van der Waals surface area contributed by atoms with Crippen LogP contribution in [0.15, 0.2) is 24.5 Å². The molecule has 0 aromatic carbocycles. The number of amides is 1. The lowest BCUT2D eigenvalue weighted by molar-refractivity contribution is 0.0576. The van der Waals surface area contributed by atoms with E-state index in [1.54, 1.807) is 15.8 Å². The van der Waals surface area contributed by atoms with Gasteiger partial charge < -0.3 is 9.84 Å². The van der Waals surface area contributed by atoms with Crippen LogP contribution in [0.5, 0.6) is 0 Å². The Morgan fingerprint density at radius 2 is 2.15 bits per heavy atom. The molecule has 0 fully saturated rings. The summed E-state index contributed by atoms with van der Waals surface area (Å²) in [5, 5.41) is 13.3. The van der Waals surface area contributed by atoms with Gasteiger partial charge in [-0.05, 0) is 45.2 Å². The number of fused-ring (bicyclic) bond motifs is 1. The summed E-state index contributed by atoms with van der Waals surface area (Å²) in [6.07, 6.45) is 5.66. The fourth-order valence-corrected chi connectivity index (χ4v) is 2.95. The highest BCUT2D eigenvalue weighted by Gasteiger charge is 2.28. The summed E-state index contributed by atoms with van der Waals surface area (Å²) in [5.41, 5.74) is 2.24. The number of aliphatic hydroxyl groups excluding tert-OH is 1. The van der Waals surface area contributed by atoms with Crippen molar-refractivity contribution in [2.24, 2.45) is 0 Å². The minimum absolute atomic E-state index is 0.0120. The quantitative estimate of drug-likeness (QED) is 0.909. The maximum Gasteiger partial charge on any atom is 0.416 e. The zero-order valence-electron chi connectivity index (χ0n) is 15.6. The topological polar surface area (TPSA) is 80.5 Å². The van der Waals surface area contributed by atoms with Crippen molar-refractivity contribution in [3.05, 3.63) is 41.3 Å². The van der Waals surface area contributed by atoms with Gasteiger partial charge in [-0.1, -0.05) is 6.07 Å². The van der Waals surface area contributed by atoms with Gasteiger partial charge >= 0.3 is 6.09 Å². The summed E-state index contributed by atoms with van der Waals surface area (Å²) in [5.74, 6) is 0.708. The zero-order valence-corrected chi connectivity index (χ0v) is 15.6. The fourth-order valence-electron chi connectivity index (χ4n) is 2.95. The summed E-state index contributed by atoms with van der Waals surface area (Å²) in [4.78, 5) is 18.9. The van der Waals surface area contributed by atoms with Gasteiger partial charge in [0, 0.05) is 37.0 Å². The van der Waals surface area contributed by atoms with E-state index in [1.807, 2.05) is 33.0 Å². The Morgan fingerprint density at radius 3 is 2.85 bits per heavy atom. The maximum atomic E-state index is 12.5. The molecule has 7 nitrogen and oxygen atoms in total. The first-order chi connectivity index (χ1) is 12.4. The molecule has 1 aliphatic rings. The van der Waals surface area contributed by atoms with Crippen molar-refractivity contribution in [3.8, 4) is 0 Å². The second-order valence-electron chi connectivity index (χ2n) is 7.54. The van der Waals surface area contributed by atoms with Crippen LogP contribution in [0.3, 0.4) is 0 Å². The largest absolute Gasteiger partial charge is 0.443 e. The predicted octanol–water partition coefficient (Wildman–Crippen LogP) is 2.70. The Balaban J connectivity index is 1.74. The fraction of sp³-hybridized carbons (Fsp3) is 0.526. The summed E-state index contributed by atoms with van der Waals surface area (Å²) >= 11 is 0. The number of aliphatic hydroxyl groups is 1. The van der Waals surface area contributed by atoms with E-state index in [2.05, 4.69) is 11.2 Å². The molecule has 0 unspecified atom stereocenters. The first-order valence-corrected chi connectivity index (χ1v) is 8.97. The Kier molecular flexibility index (Phi) is 5.27. The molecule has 140 valence electrons. The van der Waals surface area contributed by atoms with Crippen LogP contribution in [-0.4, -0.2) is 38.1 Å². The summed E-state index contributed by atoms with van der Waals surface area (Å²) in [7, 11) is 0. The number of aryl methyl sites for hydroxylation is 3. The van der Waals surface area contributed by atoms with Crippen molar-refractivity contribution in [2.75, 3.05) is 11.4 Å². The Hall–Kier alpha value is -2.41. The van der Waals surface area contributed by atoms with E-state index >= 15 is 0 Å². The highest BCUT2D eigenvalue weighted by atomic mass is 16.6. The second-order valence-corrected chi connectivity index (χ2v) is 7.54. The summed E-state index contributed by atoms with van der Waals surface area (Å²) in [6.45, 7) is 6.87. The summed E-state index contributed by atoms with van der Waals surface area (Å²) < 4.78 is 7.32. The molecular weight excluding hydrogens is 332 g/mol. The molecule has 3 heterocycles. The molecule has 1 amide bonds. The number of pyridine rings is 1. The number of hydrogen-bond acceptors (Lipinski definition) is 5. The third-order valence-corrected chi connectivity index (χ3v) is 4.18. The van der Waals surface area contributed by atoms with Gasteiger partial charge in [0.1, 0.15) is 11.4 Å². The lowest BCUT2D eigenvalue weighted by atomic mass is 10.1. The first-order valence-electron chi connectivity index (χ1n) is 8.97. The number of carbonyl (C=O) groups excluding carboxylic acids is 1. The van der Waals surface area contributed by atoms with E-state index in [4.69, 9.17) is 14.8 Å². The molecule has 2 aromatic heterocycles. The van der Waals surface area contributed by atoms with E-state index in [-0.39, 0.29) is 12.7 Å². The normalized spacial score (nSPS) is 14.2. The molecule has 0 spiro atoms. The van der Waals surface area contributed by atoms with Crippen molar-refractivity contribution >= 4 is 11.9 Å². The molecule has 0 radical (unpaired) electrons. The highest BCUT2D eigenvalue weighted by Crippen LogP contribution is 2.27. The van der Waals surface area contributed by atoms with Crippen molar-refractivity contribution < 1.29 is 14.6 Å². The van der Waals surface area contributed by atoms with Gasteiger partial charge in [-0.25, -0.2) is 9.78 Å². The van der Waals surface area contributed by atoms with Crippen LogP contribution in [-0.2, 0) is 30.7 Å². The van der Waals surface area contributed by atoms with Crippen LogP contribution in [0.1, 0.15) is 44.0 Å². The number of aromatic nitrogens is 3. The van der Waals surface area contributed by atoms with Gasteiger partial charge in [0.2, 0.25) is 0 Å². The molecule has 3 rings (SSSR count). The Bertz CT molecular complexity index is 779. The van der Waals surface area contributed by atoms with E-state index in [1.165, 1.54) is 0 Å². The summed E-state index contributed by atoms with van der Waals surface area (Å²) in [6, 6.07) is 4.06. The van der Waals surface area contributed by atoms with Crippen LogP contribution >= 0.6 is 0 Å². The van der Waals surface area contributed by atoms with E-state index in [9.17, 15) is 4.79 Å². The zero-order chi connectivity index (χ0) is 18.7. The van der Waals surface area contributed by atoms with Gasteiger partial charge in [-0.2, -0.15) is 5.10 Å². The molecule has 26 heavy (non-hydrogen) atoms. The Labute approximate surface area is 153 Å². The molecule has 2 aromatic rings. The minimum Gasteiger partial charge on any atom is -0.443 e. The maximum absolute atomic E-state index is 12.5. The van der Waals surface area contributed by atoms with Crippen molar-refractivity contribution in [2.45, 2.75) is 58.8 Å². The molecule has 0 saturated carbocycles. The molecule has 0 bridgehead atoms. The molecule has 0 aliphatic carbocycles. The molecule has 1 N–H and O–H groups in total. The average molecular weight is 358 g/mol. The second kappa shape index (κ2) is 7.45. The Morgan fingerprint density at radius 1 is 1.35 bits per heavy atom. The van der Waals surface area contributed by atoms with Crippen LogP contribution in [0, 0.1) is 0 Å². The van der Waals surface area contributed by atoms with E-state index < -0.39 is 5.60 Å². The van der Waals surface area contributed by atoms with Crippen LogP contribution in [0.25, 0.3) is 0 Å². The monoisotopic (exact) mass is 358 g/mol. The smallest absolute Gasteiger partial charge is 0.416 e. The number of ether oxygens (including phenoxy) is 1. The first kappa shape index (κ1) is 18.4. The van der Waals surface area contributed by atoms with Crippen LogP contribution < -0.4 is 4.90 Å². The van der Waals surface area contributed by atoms with Crippen molar-refractivity contribution in [1.29, 1.82) is 0 Å². The van der Waals surface area contributed by atoms with Crippen LogP contribution in [0.2, 0.25) is 0 Å². The predicted molar refractivity (Wildman–Crippen MR) is 98.0 cm³/mol. The lowest BCUT2D eigenvalue weighted by Gasteiger charge is -2.31. The van der Waals surface area contributed by atoms with Gasteiger partial charge in [0.25, 0.3) is 0 Å². The van der Waals surface area contributed by atoms with Crippen LogP contribution in [0.4, 0.5) is 10.6 Å². The molecule has 7 heteroatoms. The van der Waals surface area contributed by atoms with Gasteiger partial charge in [-0.15, -0.1) is 0 Å². The van der Waals surface area contributed by atoms with E-state index in [0.717, 1.165) is 29.7 Å². The number of carbonyl (C=O) groups is 1. The highest BCUT2D eigenvalue weighted by molar-refractivity contribution is 5.88. The lowest BCUT2D eigenvalue weighted by Crippen LogP contribution is -2.40. The molecule has 1 aliphatic heterocycles. The minimum atomic E-state index is -0.531. The van der Waals surface area contributed by atoms with E-state index in [0.29, 0.717) is 25.3 Å². The molecule has 0 saturated heterocycles. The van der Waals surface area contributed by atoms with Crippen molar-refractivity contribution in [3.63, 3.8) is 0 Å². The number of rotatable bonds is 4. The number of hydrogen-bond donors (Lipinski definition) is 1. The van der Waals surface area contributed by atoms with Gasteiger partial charge in [0.15, 0.2) is 0 Å². The van der Waals surface area contributed by atoms with Crippen molar-refractivity contribution in [1.82, 2.24) is 14.8 Å². The SMILES string of the molecule is CC(C)(C)OC(=O)N1CCCc2ccc(CCn3cc(CO)cn3)nc21. The van der Waals surface area contributed by atoms with Gasteiger partial charge in [0.05, 0.1) is 12.8 Å². The average Bonchev–Trinajstić information content (AvgIpc) is 3.06. The third-order valence-electron chi connectivity index (χ3n) is 4.18. The number of anilines is 1. The van der Waals surface area contributed by atoms with Gasteiger partial charge in [-0.3, -0.25) is 9.58 Å². The number of nitrogens with zero attached hydrogens (tertiary/aromatic N) is 4. The third kappa shape index (κ3) is 4.40.